The van der Waals surface area contributed by atoms with Crippen molar-refractivity contribution in [3.05, 3.63) is 29.5 Å². The molecule has 1 aliphatic heterocycles. The molecule has 1 heterocycles. The van der Waals surface area contributed by atoms with Crippen LogP contribution < -0.4 is 4.74 Å². The number of hydrogen-bond acceptors (Lipinski definition) is 3. The second-order valence-corrected chi connectivity index (χ2v) is 4.35. The van der Waals surface area contributed by atoms with Gasteiger partial charge in [-0.25, -0.2) is 0 Å². The highest BCUT2D eigenvalue weighted by atomic mass is 16.5. The van der Waals surface area contributed by atoms with Crippen LogP contribution in [0.15, 0.2) is 23.9 Å². The number of phenols is 1. The fourth-order valence-electron chi connectivity index (χ4n) is 1.89. The minimum atomic E-state index is 0.0796. The summed E-state index contributed by atoms with van der Waals surface area (Å²) in [5.41, 5.74) is 1.61. The average molecular weight is 247 g/mol. The number of aromatic hydroxyl groups is 1. The number of ether oxygens (including phenoxy) is 1. The molecular weight excluding hydrogens is 230 g/mol. The molecule has 0 aliphatic carbocycles. The third kappa shape index (κ3) is 2.47. The van der Waals surface area contributed by atoms with Crippen LogP contribution in [-0.2, 0) is 4.79 Å². The Morgan fingerprint density at radius 1 is 1.50 bits per heavy atom. The zero-order chi connectivity index (χ0) is 13.1. The van der Waals surface area contributed by atoms with Crippen molar-refractivity contribution in [1.29, 1.82) is 0 Å². The van der Waals surface area contributed by atoms with Crippen LogP contribution in [0.2, 0.25) is 0 Å². The molecular formula is C14H17NO3. The van der Waals surface area contributed by atoms with Gasteiger partial charge in [0.25, 0.3) is 0 Å². The molecule has 0 saturated heterocycles. The van der Waals surface area contributed by atoms with E-state index in [1.807, 2.05) is 13.0 Å². The van der Waals surface area contributed by atoms with Crippen molar-refractivity contribution >= 4 is 12.0 Å². The lowest BCUT2D eigenvalue weighted by atomic mass is 10.1. The molecule has 1 aromatic rings. The summed E-state index contributed by atoms with van der Waals surface area (Å²) in [4.78, 5) is 13.4. The Morgan fingerprint density at radius 2 is 2.28 bits per heavy atom. The molecule has 18 heavy (non-hydrogen) atoms. The number of amides is 1. The maximum absolute atomic E-state index is 11.8. The van der Waals surface area contributed by atoms with Crippen LogP contribution in [0.4, 0.5) is 0 Å². The molecule has 4 nitrogen and oxygen atoms in total. The molecule has 2 rings (SSSR count). The van der Waals surface area contributed by atoms with E-state index in [4.69, 9.17) is 4.74 Å². The van der Waals surface area contributed by atoms with Crippen LogP contribution in [0.5, 0.6) is 11.5 Å². The molecule has 1 N–H and O–H groups in total. The number of carbonyl (C=O) groups is 1. The second kappa shape index (κ2) is 5.12. The summed E-state index contributed by atoms with van der Waals surface area (Å²) in [6, 6.07) is 4.95. The van der Waals surface area contributed by atoms with Crippen LogP contribution in [0, 0.1) is 0 Å². The van der Waals surface area contributed by atoms with E-state index >= 15 is 0 Å². The Kier molecular flexibility index (Phi) is 3.55. The average Bonchev–Trinajstić information content (AvgIpc) is 2.37. The minimum absolute atomic E-state index is 0.0796. The lowest BCUT2D eigenvalue weighted by Crippen LogP contribution is -2.29. The molecule has 0 aromatic heterocycles. The smallest absolute Gasteiger partial charge is 0.226 e. The van der Waals surface area contributed by atoms with Gasteiger partial charge in [-0.1, -0.05) is 6.92 Å². The Hall–Kier alpha value is -1.97. The SMILES string of the molecule is CCCC(=O)N(C)C1=Cc2cc(O)ccc2OC1. The van der Waals surface area contributed by atoms with Crippen LogP contribution in [-0.4, -0.2) is 29.6 Å². The Balaban J connectivity index is 2.24. The quantitative estimate of drug-likeness (QED) is 0.892. The lowest BCUT2D eigenvalue weighted by Gasteiger charge is -2.25. The van der Waals surface area contributed by atoms with Crippen LogP contribution in [0.1, 0.15) is 25.3 Å². The number of benzene rings is 1. The van der Waals surface area contributed by atoms with Gasteiger partial charge in [-0.2, -0.15) is 0 Å². The maximum atomic E-state index is 11.8. The van der Waals surface area contributed by atoms with Gasteiger partial charge < -0.3 is 14.7 Å². The summed E-state index contributed by atoms with van der Waals surface area (Å²) >= 11 is 0. The number of hydrogen-bond donors (Lipinski definition) is 1. The van der Waals surface area contributed by atoms with Crippen molar-refractivity contribution in [2.45, 2.75) is 19.8 Å². The van der Waals surface area contributed by atoms with Crippen molar-refractivity contribution in [3.8, 4) is 11.5 Å². The summed E-state index contributed by atoms with van der Waals surface area (Å²) in [5.74, 6) is 1.00. The van der Waals surface area contributed by atoms with E-state index in [1.165, 1.54) is 0 Å². The number of nitrogens with zero attached hydrogens (tertiary/aromatic N) is 1. The summed E-state index contributed by atoms with van der Waals surface area (Å²) in [6.45, 7) is 2.36. The molecule has 0 spiro atoms. The van der Waals surface area contributed by atoms with Crippen molar-refractivity contribution in [2.24, 2.45) is 0 Å². The van der Waals surface area contributed by atoms with Gasteiger partial charge in [0.2, 0.25) is 5.91 Å². The van der Waals surface area contributed by atoms with Crippen LogP contribution >= 0.6 is 0 Å². The van der Waals surface area contributed by atoms with Gasteiger partial charge in [0.05, 0.1) is 5.70 Å². The summed E-state index contributed by atoms with van der Waals surface area (Å²) in [5, 5.41) is 9.44. The minimum Gasteiger partial charge on any atom is -0.508 e. The standard InChI is InChI=1S/C14H17NO3/c1-3-4-14(17)15(2)11-7-10-8-12(16)5-6-13(10)18-9-11/h5-8,16H,3-4,9H2,1-2H3. The monoisotopic (exact) mass is 247 g/mol. The first-order valence-electron chi connectivity index (χ1n) is 6.04. The molecule has 1 amide bonds. The van der Waals surface area contributed by atoms with Gasteiger partial charge in [0, 0.05) is 19.0 Å². The van der Waals surface area contributed by atoms with Crippen molar-refractivity contribution in [1.82, 2.24) is 4.90 Å². The largest absolute Gasteiger partial charge is 0.508 e. The summed E-state index contributed by atoms with van der Waals surface area (Å²) in [6.07, 6.45) is 3.24. The normalized spacial score (nSPS) is 13.3. The van der Waals surface area contributed by atoms with Gasteiger partial charge in [0.1, 0.15) is 18.1 Å². The summed E-state index contributed by atoms with van der Waals surface area (Å²) in [7, 11) is 1.75. The van der Waals surface area contributed by atoms with Crippen molar-refractivity contribution in [3.63, 3.8) is 0 Å². The third-order valence-electron chi connectivity index (χ3n) is 2.96. The zero-order valence-corrected chi connectivity index (χ0v) is 10.6. The van der Waals surface area contributed by atoms with Crippen molar-refractivity contribution < 1.29 is 14.6 Å². The molecule has 1 aliphatic rings. The van der Waals surface area contributed by atoms with E-state index in [0.717, 1.165) is 23.4 Å². The van der Waals surface area contributed by atoms with E-state index in [0.29, 0.717) is 13.0 Å². The molecule has 0 radical (unpaired) electrons. The molecule has 0 atom stereocenters. The van der Waals surface area contributed by atoms with Crippen LogP contribution in [0.3, 0.4) is 0 Å². The molecule has 0 bridgehead atoms. The number of carbonyl (C=O) groups excluding carboxylic acids is 1. The van der Waals surface area contributed by atoms with Gasteiger partial charge in [0.15, 0.2) is 0 Å². The predicted octanol–water partition coefficient (Wildman–Crippen LogP) is 2.38. The molecule has 4 heteroatoms. The van der Waals surface area contributed by atoms with Gasteiger partial charge in [-0.15, -0.1) is 0 Å². The maximum Gasteiger partial charge on any atom is 0.226 e. The van der Waals surface area contributed by atoms with E-state index in [1.54, 1.807) is 30.1 Å². The lowest BCUT2D eigenvalue weighted by molar-refractivity contribution is -0.128. The van der Waals surface area contributed by atoms with E-state index in [9.17, 15) is 9.90 Å². The first-order valence-corrected chi connectivity index (χ1v) is 6.04. The zero-order valence-electron chi connectivity index (χ0n) is 10.6. The number of likely N-dealkylation sites (N-methyl/N-ethyl adjacent to an activating group) is 1. The van der Waals surface area contributed by atoms with Gasteiger partial charge in [-0.05, 0) is 30.7 Å². The highest BCUT2D eigenvalue weighted by Crippen LogP contribution is 2.30. The van der Waals surface area contributed by atoms with E-state index in [2.05, 4.69) is 0 Å². The fourth-order valence-corrected chi connectivity index (χ4v) is 1.89. The first-order chi connectivity index (χ1) is 8.61. The van der Waals surface area contributed by atoms with Gasteiger partial charge in [-0.3, -0.25) is 4.79 Å². The summed E-state index contributed by atoms with van der Waals surface area (Å²) < 4.78 is 5.57. The van der Waals surface area contributed by atoms with E-state index in [-0.39, 0.29) is 11.7 Å². The number of phenolic OH excluding ortho intramolecular Hbond substituents is 1. The van der Waals surface area contributed by atoms with Gasteiger partial charge >= 0.3 is 0 Å². The Labute approximate surface area is 106 Å². The molecule has 0 unspecified atom stereocenters. The molecule has 96 valence electrons. The van der Waals surface area contributed by atoms with E-state index < -0.39 is 0 Å². The Bertz CT molecular complexity index is 494. The third-order valence-corrected chi connectivity index (χ3v) is 2.96. The highest BCUT2D eigenvalue weighted by Gasteiger charge is 2.18. The molecule has 0 saturated carbocycles. The topological polar surface area (TPSA) is 49.8 Å². The Morgan fingerprint density at radius 3 is 3.00 bits per heavy atom. The highest BCUT2D eigenvalue weighted by molar-refractivity contribution is 5.79. The van der Waals surface area contributed by atoms with Crippen molar-refractivity contribution in [2.75, 3.05) is 13.7 Å². The predicted molar refractivity (Wildman–Crippen MR) is 69.3 cm³/mol. The number of fused-ring (bicyclic) bond motifs is 1. The van der Waals surface area contributed by atoms with Crippen LogP contribution in [0.25, 0.3) is 6.08 Å². The molecule has 1 aromatic carbocycles. The number of rotatable bonds is 3. The fraction of sp³-hybridized carbons (Fsp3) is 0.357. The second-order valence-electron chi connectivity index (χ2n) is 4.35. The molecule has 0 fully saturated rings. The first kappa shape index (κ1) is 12.5.